The smallest absolute Gasteiger partial charge is 0.347 e. The summed E-state index contributed by atoms with van der Waals surface area (Å²) in [5.74, 6) is -8.63. The van der Waals surface area contributed by atoms with Crippen molar-refractivity contribution in [2.75, 3.05) is 27.2 Å². The zero-order valence-electron chi connectivity index (χ0n) is 10.7. The van der Waals surface area contributed by atoms with E-state index in [-0.39, 0.29) is 17.9 Å². The molecule has 2 amide bonds. The molecule has 0 fully saturated rings. The fraction of sp³-hybridized carbons (Fsp3) is 0.800. The second-order valence-electron chi connectivity index (χ2n) is 4.09. The summed E-state index contributed by atoms with van der Waals surface area (Å²) in [4.78, 5) is 23.8. The van der Waals surface area contributed by atoms with Crippen molar-refractivity contribution in [3.8, 4) is 0 Å². The van der Waals surface area contributed by atoms with Crippen molar-refractivity contribution < 1.29 is 31.5 Å². The van der Waals surface area contributed by atoms with Crippen LogP contribution in [0.15, 0.2) is 0 Å². The summed E-state index contributed by atoms with van der Waals surface area (Å²) in [6, 6.07) is 0. The standard InChI is InChI=1S/C10H15F5N2O2/c1-4-5-17(6-7(18)16(2)3)8(19)9(11,12)10(13,14)15/h4-6H2,1-3H3. The second-order valence-corrected chi connectivity index (χ2v) is 4.09. The molecule has 4 nitrogen and oxygen atoms in total. The van der Waals surface area contributed by atoms with Gasteiger partial charge in [-0.3, -0.25) is 9.59 Å². The second kappa shape index (κ2) is 6.16. The Hall–Kier alpha value is -1.41. The van der Waals surface area contributed by atoms with Crippen LogP contribution in [0, 0.1) is 0 Å². The third kappa shape index (κ3) is 4.32. The Labute approximate surface area is 107 Å². The maximum absolute atomic E-state index is 12.9. The number of nitrogens with zero attached hydrogens (tertiary/aromatic N) is 2. The third-order valence-corrected chi connectivity index (χ3v) is 2.23. The highest BCUT2D eigenvalue weighted by Crippen LogP contribution is 2.36. The van der Waals surface area contributed by atoms with Gasteiger partial charge in [-0.25, -0.2) is 0 Å². The molecule has 9 heteroatoms. The van der Waals surface area contributed by atoms with Gasteiger partial charge in [0, 0.05) is 20.6 Å². The van der Waals surface area contributed by atoms with Crippen LogP contribution in [-0.4, -0.2) is 60.9 Å². The van der Waals surface area contributed by atoms with E-state index in [1.807, 2.05) is 0 Å². The topological polar surface area (TPSA) is 40.6 Å². The summed E-state index contributed by atoms with van der Waals surface area (Å²) >= 11 is 0. The predicted molar refractivity (Wildman–Crippen MR) is 56.6 cm³/mol. The van der Waals surface area contributed by atoms with E-state index in [1.54, 1.807) is 0 Å². The van der Waals surface area contributed by atoms with Crippen LogP contribution in [0.5, 0.6) is 0 Å². The van der Waals surface area contributed by atoms with Crippen molar-refractivity contribution in [1.29, 1.82) is 0 Å². The molecule has 0 aliphatic rings. The number of amides is 2. The Morgan fingerprint density at radius 2 is 1.53 bits per heavy atom. The van der Waals surface area contributed by atoms with Crippen molar-refractivity contribution in [3.63, 3.8) is 0 Å². The molecule has 0 saturated carbocycles. The molecular weight excluding hydrogens is 275 g/mol. The molecule has 0 aliphatic heterocycles. The van der Waals surface area contributed by atoms with Crippen molar-refractivity contribution >= 4 is 11.8 Å². The summed E-state index contributed by atoms with van der Waals surface area (Å²) in [7, 11) is 2.61. The first kappa shape index (κ1) is 17.6. The monoisotopic (exact) mass is 290 g/mol. The lowest BCUT2D eigenvalue weighted by Gasteiger charge is -2.28. The van der Waals surface area contributed by atoms with Gasteiger partial charge in [0.15, 0.2) is 0 Å². The van der Waals surface area contributed by atoms with Gasteiger partial charge >= 0.3 is 18.0 Å². The van der Waals surface area contributed by atoms with E-state index in [9.17, 15) is 31.5 Å². The van der Waals surface area contributed by atoms with Crippen LogP contribution in [0.3, 0.4) is 0 Å². The molecule has 0 aromatic heterocycles. The number of halogens is 5. The van der Waals surface area contributed by atoms with Gasteiger partial charge in [0.05, 0.1) is 6.54 Å². The molecule has 0 rings (SSSR count). The maximum atomic E-state index is 12.9. The molecule has 0 atom stereocenters. The van der Waals surface area contributed by atoms with E-state index in [1.165, 1.54) is 21.0 Å². The van der Waals surface area contributed by atoms with Crippen LogP contribution < -0.4 is 0 Å². The van der Waals surface area contributed by atoms with Crippen LogP contribution in [0.2, 0.25) is 0 Å². The van der Waals surface area contributed by atoms with Gasteiger partial charge in [0.1, 0.15) is 0 Å². The lowest BCUT2D eigenvalue weighted by atomic mass is 10.2. The van der Waals surface area contributed by atoms with Gasteiger partial charge in [-0.2, -0.15) is 22.0 Å². The number of alkyl halides is 5. The normalized spacial score (nSPS) is 12.2. The summed E-state index contributed by atoms with van der Waals surface area (Å²) in [6.07, 6.45) is -5.82. The van der Waals surface area contributed by atoms with E-state index in [2.05, 4.69) is 0 Å². The minimum absolute atomic E-state index is 0.153. The molecule has 19 heavy (non-hydrogen) atoms. The molecule has 0 aromatic carbocycles. The van der Waals surface area contributed by atoms with Crippen molar-refractivity contribution in [2.24, 2.45) is 0 Å². The van der Waals surface area contributed by atoms with Crippen LogP contribution in [-0.2, 0) is 9.59 Å². The third-order valence-electron chi connectivity index (χ3n) is 2.23. The molecule has 0 heterocycles. The van der Waals surface area contributed by atoms with Crippen LogP contribution in [0.1, 0.15) is 13.3 Å². The molecule has 112 valence electrons. The molecule has 0 N–H and O–H groups in total. The first-order chi connectivity index (χ1) is 8.45. The Morgan fingerprint density at radius 1 is 1.05 bits per heavy atom. The molecule has 0 saturated heterocycles. The summed E-state index contributed by atoms with van der Waals surface area (Å²) in [5.41, 5.74) is 0. The van der Waals surface area contributed by atoms with Gasteiger partial charge in [-0.15, -0.1) is 0 Å². The zero-order chi connectivity index (χ0) is 15.4. The van der Waals surface area contributed by atoms with Gasteiger partial charge in [-0.05, 0) is 6.42 Å². The fourth-order valence-corrected chi connectivity index (χ4v) is 1.15. The Balaban J connectivity index is 5.09. The molecule has 0 bridgehead atoms. The van der Waals surface area contributed by atoms with E-state index in [0.29, 0.717) is 0 Å². The lowest BCUT2D eigenvalue weighted by molar-refractivity contribution is -0.274. The zero-order valence-corrected chi connectivity index (χ0v) is 10.7. The van der Waals surface area contributed by atoms with E-state index in [4.69, 9.17) is 0 Å². The van der Waals surface area contributed by atoms with Crippen molar-refractivity contribution in [2.45, 2.75) is 25.4 Å². The largest absolute Gasteiger partial charge is 0.463 e. The number of carbonyl (C=O) groups is 2. The number of hydrogen-bond donors (Lipinski definition) is 0. The van der Waals surface area contributed by atoms with Gasteiger partial charge in [-0.1, -0.05) is 6.92 Å². The average molecular weight is 290 g/mol. The molecular formula is C10H15F5N2O2. The summed E-state index contributed by atoms with van der Waals surface area (Å²) in [6.45, 7) is 0.321. The first-order valence-electron chi connectivity index (χ1n) is 5.39. The minimum Gasteiger partial charge on any atom is -0.347 e. The van der Waals surface area contributed by atoms with Crippen LogP contribution in [0.4, 0.5) is 22.0 Å². The van der Waals surface area contributed by atoms with Crippen molar-refractivity contribution in [1.82, 2.24) is 9.80 Å². The summed E-state index contributed by atoms with van der Waals surface area (Å²) < 4.78 is 62.1. The van der Waals surface area contributed by atoms with E-state index < -0.39 is 30.5 Å². The lowest BCUT2D eigenvalue weighted by Crippen LogP contribution is -2.54. The Kier molecular flexibility index (Phi) is 5.70. The van der Waals surface area contributed by atoms with Gasteiger partial charge in [0.25, 0.3) is 0 Å². The SMILES string of the molecule is CCCN(CC(=O)N(C)C)C(=O)C(F)(F)C(F)(F)F. The molecule has 0 radical (unpaired) electrons. The van der Waals surface area contributed by atoms with E-state index in [0.717, 1.165) is 4.90 Å². The fourth-order valence-electron chi connectivity index (χ4n) is 1.15. The molecule has 0 aromatic rings. The highest BCUT2D eigenvalue weighted by atomic mass is 19.4. The first-order valence-corrected chi connectivity index (χ1v) is 5.39. The molecule has 0 unspecified atom stereocenters. The van der Waals surface area contributed by atoms with Gasteiger partial charge in [0.2, 0.25) is 5.91 Å². The number of likely N-dealkylation sites (N-methyl/N-ethyl adjacent to an activating group) is 1. The Bertz CT molecular complexity index is 341. The van der Waals surface area contributed by atoms with E-state index >= 15 is 0 Å². The minimum atomic E-state index is -5.97. The van der Waals surface area contributed by atoms with Crippen molar-refractivity contribution in [3.05, 3.63) is 0 Å². The Morgan fingerprint density at radius 3 is 1.84 bits per heavy atom. The highest BCUT2D eigenvalue weighted by molar-refractivity contribution is 5.89. The maximum Gasteiger partial charge on any atom is 0.463 e. The summed E-state index contributed by atoms with van der Waals surface area (Å²) in [5, 5.41) is 0. The number of carbonyl (C=O) groups excluding carboxylic acids is 2. The van der Waals surface area contributed by atoms with Crippen LogP contribution >= 0.6 is 0 Å². The van der Waals surface area contributed by atoms with Gasteiger partial charge < -0.3 is 9.80 Å². The average Bonchev–Trinajstić information content (AvgIpc) is 2.25. The highest BCUT2D eigenvalue weighted by Gasteiger charge is 2.64. The predicted octanol–water partition coefficient (Wildman–Crippen LogP) is 1.51. The number of hydrogen-bond acceptors (Lipinski definition) is 2. The van der Waals surface area contributed by atoms with Crippen LogP contribution in [0.25, 0.3) is 0 Å². The molecule has 0 aliphatic carbocycles. The quantitative estimate of drug-likeness (QED) is 0.720. The number of rotatable bonds is 5. The molecule has 0 spiro atoms.